The van der Waals surface area contributed by atoms with Crippen LogP contribution in [0.4, 0.5) is 0 Å². The molecule has 0 unspecified atom stereocenters. The molecule has 0 saturated heterocycles. The highest BCUT2D eigenvalue weighted by Gasteiger charge is 2.12. The normalized spacial score (nSPS) is 10.7. The standard InChI is InChI=1S/C14H12N2O3S/c1-18-11-6-5-9(8-12(11)19-2)16-14(17)10-4-3-7-15-13(10)20-16/h3-8H,1-2H3. The van der Waals surface area contributed by atoms with Crippen LogP contribution >= 0.6 is 11.5 Å². The predicted molar refractivity (Wildman–Crippen MR) is 78.3 cm³/mol. The van der Waals surface area contributed by atoms with Gasteiger partial charge in [0.25, 0.3) is 5.56 Å². The van der Waals surface area contributed by atoms with E-state index in [2.05, 4.69) is 4.98 Å². The second-order valence-electron chi connectivity index (χ2n) is 4.09. The summed E-state index contributed by atoms with van der Waals surface area (Å²) in [4.78, 5) is 17.3. The van der Waals surface area contributed by atoms with Gasteiger partial charge in [-0.05, 0) is 35.8 Å². The summed E-state index contributed by atoms with van der Waals surface area (Å²) in [6.07, 6.45) is 1.68. The molecule has 0 saturated carbocycles. The largest absolute Gasteiger partial charge is 0.493 e. The Kier molecular flexibility index (Phi) is 3.15. The lowest BCUT2D eigenvalue weighted by Crippen LogP contribution is -2.10. The molecule has 20 heavy (non-hydrogen) atoms. The Morgan fingerprint density at radius 2 is 1.95 bits per heavy atom. The van der Waals surface area contributed by atoms with E-state index >= 15 is 0 Å². The van der Waals surface area contributed by atoms with Crippen molar-refractivity contribution in [2.75, 3.05) is 14.2 Å². The maximum atomic E-state index is 12.3. The van der Waals surface area contributed by atoms with Crippen LogP contribution in [0.1, 0.15) is 0 Å². The quantitative estimate of drug-likeness (QED) is 0.743. The third-order valence-corrected chi connectivity index (χ3v) is 4.02. The Balaban J connectivity index is 2.20. The molecular formula is C14H12N2O3S. The van der Waals surface area contributed by atoms with E-state index in [1.165, 1.54) is 11.5 Å². The van der Waals surface area contributed by atoms with Crippen LogP contribution in [-0.2, 0) is 0 Å². The van der Waals surface area contributed by atoms with Gasteiger partial charge in [-0.15, -0.1) is 0 Å². The highest BCUT2D eigenvalue weighted by atomic mass is 32.1. The van der Waals surface area contributed by atoms with Crippen molar-refractivity contribution in [3.8, 4) is 17.2 Å². The first kappa shape index (κ1) is 12.7. The number of nitrogens with zero attached hydrogens (tertiary/aromatic N) is 2. The van der Waals surface area contributed by atoms with Crippen LogP contribution in [0.25, 0.3) is 15.9 Å². The zero-order valence-corrected chi connectivity index (χ0v) is 11.8. The van der Waals surface area contributed by atoms with Crippen LogP contribution in [0.15, 0.2) is 41.3 Å². The minimum absolute atomic E-state index is 0.0784. The smallest absolute Gasteiger partial charge is 0.274 e. The van der Waals surface area contributed by atoms with Crippen LogP contribution in [0.5, 0.6) is 11.5 Å². The van der Waals surface area contributed by atoms with Gasteiger partial charge in [0, 0.05) is 12.3 Å². The van der Waals surface area contributed by atoms with Gasteiger partial charge in [0.2, 0.25) is 0 Å². The van der Waals surface area contributed by atoms with Gasteiger partial charge in [-0.2, -0.15) is 0 Å². The second kappa shape index (κ2) is 4.97. The summed E-state index contributed by atoms with van der Waals surface area (Å²) in [5, 5.41) is 0.618. The SMILES string of the molecule is COc1ccc(-n2sc3ncccc3c2=O)cc1OC. The summed E-state index contributed by atoms with van der Waals surface area (Å²) in [5.41, 5.74) is 0.654. The molecule has 0 bridgehead atoms. The van der Waals surface area contributed by atoms with Crippen LogP contribution < -0.4 is 15.0 Å². The zero-order valence-electron chi connectivity index (χ0n) is 11.0. The summed E-state index contributed by atoms with van der Waals surface area (Å²) < 4.78 is 12.1. The first-order valence-electron chi connectivity index (χ1n) is 5.94. The number of ether oxygens (including phenoxy) is 2. The maximum Gasteiger partial charge on any atom is 0.274 e. The summed E-state index contributed by atoms with van der Waals surface area (Å²) in [5.74, 6) is 1.21. The topological polar surface area (TPSA) is 53.4 Å². The average Bonchev–Trinajstić information content (AvgIpc) is 2.84. The number of pyridine rings is 1. The Bertz CT molecular complexity index is 823. The predicted octanol–water partition coefficient (Wildman–Crippen LogP) is 2.46. The molecule has 5 nitrogen and oxygen atoms in total. The fourth-order valence-electron chi connectivity index (χ4n) is 1.98. The minimum atomic E-state index is -0.0784. The van der Waals surface area contributed by atoms with E-state index in [1.807, 2.05) is 6.07 Å². The van der Waals surface area contributed by atoms with Crippen molar-refractivity contribution in [2.24, 2.45) is 0 Å². The fourth-order valence-corrected chi connectivity index (χ4v) is 2.92. The molecule has 3 rings (SSSR count). The van der Waals surface area contributed by atoms with Gasteiger partial charge in [-0.3, -0.25) is 4.79 Å². The van der Waals surface area contributed by atoms with Crippen molar-refractivity contribution in [2.45, 2.75) is 0 Å². The molecule has 3 aromatic rings. The number of aromatic nitrogens is 2. The van der Waals surface area contributed by atoms with Crippen LogP contribution in [0.2, 0.25) is 0 Å². The lowest BCUT2D eigenvalue weighted by atomic mass is 10.2. The van der Waals surface area contributed by atoms with Gasteiger partial charge in [0.15, 0.2) is 11.5 Å². The van der Waals surface area contributed by atoms with Crippen LogP contribution in [-0.4, -0.2) is 23.2 Å². The molecule has 0 aliphatic heterocycles. The van der Waals surface area contributed by atoms with Gasteiger partial charge in [0.05, 0.1) is 25.3 Å². The Morgan fingerprint density at radius 3 is 2.65 bits per heavy atom. The Labute approximate surface area is 119 Å². The van der Waals surface area contributed by atoms with E-state index in [9.17, 15) is 4.79 Å². The molecule has 0 N–H and O–H groups in total. The third-order valence-electron chi connectivity index (χ3n) is 2.97. The van der Waals surface area contributed by atoms with Gasteiger partial charge >= 0.3 is 0 Å². The van der Waals surface area contributed by atoms with E-state index in [0.717, 1.165) is 5.69 Å². The molecular weight excluding hydrogens is 276 g/mol. The van der Waals surface area contributed by atoms with Crippen LogP contribution in [0.3, 0.4) is 0 Å². The summed E-state index contributed by atoms with van der Waals surface area (Å²) in [7, 11) is 3.14. The maximum absolute atomic E-state index is 12.3. The second-order valence-corrected chi connectivity index (χ2v) is 5.02. The van der Waals surface area contributed by atoms with E-state index in [0.29, 0.717) is 21.7 Å². The van der Waals surface area contributed by atoms with Gasteiger partial charge in [-0.25, -0.2) is 8.94 Å². The molecule has 0 amide bonds. The van der Waals surface area contributed by atoms with E-state index in [1.54, 1.807) is 48.6 Å². The van der Waals surface area contributed by atoms with Crippen LogP contribution in [0, 0.1) is 0 Å². The number of methoxy groups -OCH3 is 2. The lowest BCUT2D eigenvalue weighted by molar-refractivity contribution is 0.355. The summed E-state index contributed by atoms with van der Waals surface area (Å²) in [6.45, 7) is 0. The molecule has 1 aromatic carbocycles. The highest BCUT2D eigenvalue weighted by Crippen LogP contribution is 2.30. The first-order valence-corrected chi connectivity index (χ1v) is 6.71. The molecule has 0 aliphatic rings. The zero-order chi connectivity index (χ0) is 14.1. The van der Waals surface area contributed by atoms with Crippen molar-refractivity contribution in [1.29, 1.82) is 0 Å². The average molecular weight is 288 g/mol. The van der Waals surface area contributed by atoms with Crippen molar-refractivity contribution < 1.29 is 9.47 Å². The van der Waals surface area contributed by atoms with E-state index in [-0.39, 0.29) is 5.56 Å². The molecule has 6 heteroatoms. The molecule has 2 heterocycles. The van der Waals surface area contributed by atoms with E-state index in [4.69, 9.17) is 9.47 Å². The van der Waals surface area contributed by atoms with Gasteiger partial charge < -0.3 is 9.47 Å². The van der Waals surface area contributed by atoms with E-state index < -0.39 is 0 Å². The Morgan fingerprint density at radius 1 is 1.15 bits per heavy atom. The molecule has 0 fully saturated rings. The number of fused-ring (bicyclic) bond motifs is 1. The van der Waals surface area contributed by atoms with Crippen molar-refractivity contribution in [3.05, 3.63) is 46.9 Å². The number of benzene rings is 1. The molecule has 102 valence electrons. The molecule has 0 aliphatic carbocycles. The number of hydrogen-bond acceptors (Lipinski definition) is 5. The molecule has 0 radical (unpaired) electrons. The first-order chi connectivity index (χ1) is 9.74. The van der Waals surface area contributed by atoms with Crippen molar-refractivity contribution in [3.63, 3.8) is 0 Å². The highest BCUT2D eigenvalue weighted by molar-refractivity contribution is 7.13. The molecule has 0 spiro atoms. The molecule has 0 atom stereocenters. The van der Waals surface area contributed by atoms with Gasteiger partial charge in [0.1, 0.15) is 4.83 Å². The minimum Gasteiger partial charge on any atom is -0.493 e. The summed E-state index contributed by atoms with van der Waals surface area (Å²) in [6, 6.07) is 8.90. The Hall–Kier alpha value is -2.34. The van der Waals surface area contributed by atoms with Gasteiger partial charge in [-0.1, -0.05) is 0 Å². The molecule has 2 aromatic heterocycles. The third kappa shape index (κ3) is 1.94. The van der Waals surface area contributed by atoms with Crippen molar-refractivity contribution in [1.82, 2.24) is 8.94 Å². The number of hydrogen-bond donors (Lipinski definition) is 0. The monoisotopic (exact) mass is 288 g/mol. The lowest BCUT2D eigenvalue weighted by Gasteiger charge is -2.09. The summed E-state index contributed by atoms with van der Waals surface area (Å²) >= 11 is 1.31. The number of rotatable bonds is 3. The van der Waals surface area contributed by atoms with Crippen molar-refractivity contribution >= 4 is 21.7 Å². The fraction of sp³-hybridized carbons (Fsp3) is 0.143.